The zero-order valence-corrected chi connectivity index (χ0v) is 18.8. The Hall–Kier alpha value is -3.82. The minimum Gasteiger partial charge on any atom is -0.470 e. The summed E-state index contributed by atoms with van der Waals surface area (Å²) in [6.07, 6.45) is 1.50. The molecule has 0 radical (unpaired) electrons. The van der Waals surface area contributed by atoms with E-state index in [1.807, 2.05) is 27.7 Å². The molecule has 0 saturated heterocycles. The van der Waals surface area contributed by atoms with E-state index in [1.54, 1.807) is 31.2 Å². The van der Waals surface area contributed by atoms with E-state index in [-0.39, 0.29) is 40.8 Å². The van der Waals surface area contributed by atoms with Gasteiger partial charge in [-0.2, -0.15) is 4.68 Å². The molecule has 0 saturated carbocycles. The van der Waals surface area contributed by atoms with Crippen LogP contribution in [0.25, 0.3) is 0 Å². The van der Waals surface area contributed by atoms with Crippen molar-refractivity contribution in [2.75, 3.05) is 6.54 Å². The van der Waals surface area contributed by atoms with E-state index in [0.717, 1.165) is 10.2 Å². The first kappa shape index (κ1) is 22.9. The van der Waals surface area contributed by atoms with Gasteiger partial charge in [-0.15, -0.1) is 5.10 Å². The molecule has 32 heavy (non-hydrogen) atoms. The molecule has 1 amide bonds. The van der Waals surface area contributed by atoms with Crippen molar-refractivity contribution in [2.45, 2.75) is 46.6 Å². The molecule has 0 aromatic carbocycles. The van der Waals surface area contributed by atoms with Crippen LogP contribution in [0.4, 0.5) is 0 Å². The van der Waals surface area contributed by atoms with Crippen LogP contribution in [0.15, 0.2) is 35.0 Å². The van der Waals surface area contributed by atoms with Crippen molar-refractivity contribution in [3.63, 3.8) is 0 Å². The Morgan fingerprint density at radius 3 is 2.59 bits per heavy atom. The highest BCUT2D eigenvalue weighted by atomic mass is 16.5. The molecule has 0 aliphatic rings. The lowest BCUT2D eigenvalue weighted by molar-refractivity contribution is 0.0955. The summed E-state index contributed by atoms with van der Waals surface area (Å²) < 4.78 is 12.2. The van der Waals surface area contributed by atoms with Crippen molar-refractivity contribution in [3.8, 4) is 5.88 Å². The fourth-order valence-electron chi connectivity index (χ4n) is 2.91. The number of pyridine rings is 1. The van der Waals surface area contributed by atoms with Gasteiger partial charge in [0.15, 0.2) is 11.5 Å². The second-order valence-electron chi connectivity index (χ2n) is 8.27. The maximum Gasteiger partial charge on any atom is 0.252 e. The molecule has 10 nitrogen and oxygen atoms in total. The molecular weight excluding hydrogens is 410 g/mol. The van der Waals surface area contributed by atoms with Crippen LogP contribution < -0.4 is 15.5 Å². The van der Waals surface area contributed by atoms with Crippen LogP contribution in [-0.4, -0.2) is 38.2 Å². The number of carbonyl (C=O) groups excluding carboxylic acids is 1. The van der Waals surface area contributed by atoms with Crippen LogP contribution in [0, 0.1) is 17.7 Å². The van der Waals surface area contributed by atoms with Crippen LogP contribution >= 0.6 is 0 Å². The van der Waals surface area contributed by atoms with Crippen LogP contribution in [0.5, 0.6) is 5.88 Å². The standard InChI is InChI=1S/C22H27N7O3/c1-6-25-20(30)14-7-8-15(26-11-14)12-31-21-16(22(3,4)5)10-18(23)29(27-21)19(24)17-9-13(2)32-28-17/h7-11,23-24H,6,12H2,1-5H3,(H,25,30). The number of aryl methyl sites for hydroxylation is 1. The van der Waals surface area contributed by atoms with Gasteiger partial charge in [0.1, 0.15) is 17.9 Å². The predicted octanol–water partition coefficient (Wildman–Crippen LogP) is 2.55. The lowest BCUT2D eigenvalue weighted by Crippen LogP contribution is -2.32. The van der Waals surface area contributed by atoms with Gasteiger partial charge in [-0.05, 0) is 37.5 Å². The minimum atomic E-state index is -0.348. The molecule has 0 spiro atoms. The number of aromatic nitrogens is 4. The largest absolute Gasteiger partial charge is 0.470 e. The third kappa shape index (κ3) is 5.08. The zero-order valence-electron chi connectivity index (χ0n) is 18.8. The summed E-state index contributed by atoms with van der Waals surface area (Å²) in [5.41, 5.74) is 1.75. The molecule has 0 unspecified atom stereocenters. The number of hydrogen-bond acceptors (Lipinski definition) is 8. The summed E-state index contributed by atoms with van der Waals surface area (Å²) in [5.74, 6) is 0.564. The summed E-state index contributed by atoms with van der Waals surface area (Å²) in [5, 5.41) is 27.7. The maximum absolute atomic E-state index is 11.9. The van der Waals surface area contributed by atoms with Crippen LogP contribution in [0.2, 0.25) is 0 Å². The van der Waals surface area contributed by atoms with Crippen LogP contribution in [0.1, 0.15) is 60.8 Å². The first-order chi connectivity index (χ1) is 15.1. The van der Waals surface area contributed by atoms with Crippen molar-refractivity contribution < 1.29 is 14.1 Å². The molecule has 168 valence electrons. The summed E-state index contributed by atoms with van der Waals surface area (Å²) in [6, 6.07) is 6.64. The normalized spacial score (nSPS) is 11.3. The molecule has 0 aliphatic heterocycles. The maximum atomic E-state index is 11.9. The predicted molar refractivity (Wildman–Crippen MR) is 117 cm³/mol. The Kier molecular flexibility index (Phi) is 6.52. The van der Waals surface area contributed by atoms with E-state index >= 15 is 0 Å². The lowest BCUT2D eigenvalue weighted by Gasteiger charge is -2.22. The number of amides is 1. The van der Waals surface area contributed by atoms with Gasteiger partial charge < -0.3 is 14.6 Å². The van der Waals surface area contributed by atoms with Crippen molar-refractivity contribution >= 4 is 11.7 Å². The van der Waals surface area contributed by atoms with Crippen molar-refractivity contribution in [3.05, 3.63) is 64.2 Å². The SMILES string of the molecule is CCNC(=O)c1ccc(COc2nn(C(=N)c3cc(C)on3)c(=N)cc2C(C)(C)C)nc1. The van der Waals surface area contributed by atoms with E-state index < -0.39 is 0 Å². The Balaban J connectivity index is 1.89. The second kappa shape index (κ2) is 9.13. The highest BCUT2D eigenvalue weighted by Gasteiger charge is 2.23. The van der Waals surface area contributed by atoms with E-state index in [4.69, 9.17) is 20.1 Å². The highest BCUT2D eigenvalue weighted by molar-refractivity contribution is 5.95. The van der Waals surface area contributed by atoms with Crippen molar-refractivity contribution in [1.82, 2.24) is 25.2 Å². The number of hydrogen-bond donors (Lipinski definition) is 3. The molecule has 3 aromatic heterocycles. The van der Waals surface area contributed by atoms with Crippen LogP contribution in [0.3, 0.4) is 0 Å². The van der Waals surface area contributed by atoms with Gasteiger partial charge in [-0.25, -0.2) is 0 Å². The van der Waals surface area contributed by atoms with Crippen molar-refractivity contribution in [2.24, 2.45) is 0 Å². The Morgan fingerprint density at radius 1 is 1.28 bits per heavy atom. The number of carbonyl (C=O) groups is 1. The molecular formula is C22H27N7O3. The topological polar surface area (TPSA) is 143 Å². The number of nitrogens with zero attached hydrogens (tertiary/aromatic N) is 4. The average molecular weight is 438 g/mol. The van der Waals surface area contributed by atoms with E-state index in [1.165, 1.54) is 6.20 Å². The minimum absolute atomic E-state index is 0.0253. The quantitative estimate of drug-likeness (QED) is 0.399. The van der Waals surface area contributed by atoms with E-state index in [9.17, 15) is 4.79 Å². The van der Waals surface area contributed by atoms with Crippen molar-refractivity contribution in [1.29, 1.82) is 10.8 Å². The third-order valence-corrected chi connectivity index (χ3v) is 4.60. The van der Waals surface area contributed by atoms with Gasteiger partial charge in [0, 0.05) is 24.4 Å². The first-order valence-corrected chi connectivity index (χ1v) is 10.2. The van der Waals surface area contributed by atoms with Gasteiger partial charge in [-0.3, -0.25) is 20.6 Å². The van der Waals surface area contributed by atoms with E-state index in [2.05, 4.69) is 20.6 Å². The molecule has 3 N–H and O–H groups in total. The number of rotatable bonds is 6. The van der Waals surface area contributed by atoms with Crippen LogP contribution in [-0.2, 0) is 12.0 Å². The summed E-state index contributed by atoms with van der Waals surface area (Å²) in [7, 11) is 0. The average Bonchev–Trinajstić information content (AvgIpc) is 3.18. The summed E-state index contributed by atoms with van der Waals surface area (Å²) in [6.45, 7) is 10.2. The summed E-state index contributed by atoms with van der Waals surface area (Å²) in [4.78, 5) is 16.2. The monoisotopic (exact) mass is 437 g/mol. The molecule has 0 bridgehead atoms. The molecule has 0 fully saturated rings. The smallest absolute Gasteiger partial charge is 0.252 e. The van der Waals surface area contributed by atoms with Gasteiger partial charge in [0.2, 0.25) is 5.88 Å². The molecule has 3 rings (SSSR count). The molecule has 3 heterocycles. The molecule has 10 heteroatoms. The Morgan fingerprint density at radius 2 is 2.03 bits per heavy atom. The first-order valence-electron chi connectivity index (χ1n) is 10.2. The van der Waals surface area contributed by atoms with Gasteiger partial charge in [-0.1, -0.05) is 25.9 Å². The Bertz CT molecular complexity index is 1190. The van der Waals surface area contributed by atoms with E-state index in [0.29, 0.717) is 23.6 Å². The fraction of sp³-hybridized carbons (Fsp3) is 0.364. The highest BCUT2D eigenvalue weighted by Crippen LogP contribution is 2.28. The zero-order chi connectivity index (χ0) is 23.5. The van der Waals surface area contributed by atoms with Gasteiger partial charge in [0.05, 0.1) is 11.3 Å². The second-order valence-corrected chi connectivity index (χ2v) is 8.27. The van der Waals surface area contributed by atoms with Gasteiger partial charge >= 0.3 is 0 Å². The molecule has 3 aromatic rings. The third-order valence-electron chi connectivity index (χ3n) is 4.60. The summed E-state index contributed by atoms with van der Waals surface area (Å²) >= 11 is 0. The van der Waals surface area contributed by atoms with Gasteiger partial charge in [0.25, 0.3) is 5.91 Å². The fourth-order valence-corrected chi connectivity index (χ4v) is 2.91. The molecule has 0 atom stereocenters. The lowest BCUT2D eigenvalue weighted by atomic mass is 9.88. The number of ether oxygens (including phenoxy) is 1. The Labute approximate surface area is 185 Å². The molecule has 0 aliphatic carbocycles. The number of nitrogens with one attached hydrogen (secondary N) is 3.